The van der Waals surface area contributed by atoms with E-state index in [1.165, 1.54) is 57.2 Å². The fourth-order valence-corrected chi connectivity index (χ4v) is 4.63. The van der Waals surface area contributed by atoms with Crippen LogP contribution in [0.15, 0.2) is 22.7 Å². The Bertz CT molecular complexity index is 477. The fourth-order valence-electron chi connectivity index (χ4n) is 4.15. The summed E-state index contributed by atoms with van der Waals surface area (Å²) in [5, 5.41) is 0. The Labute approximate surface area is 137 Å². The summed E-state index contributed by atoms with van der Waals surface area (Å²) >= 11 is 3.49. The van der Waals surface area contributed by atoms with E-state index in [2.05, 4.69) is 46.0 Å². The number of halogens is 1. The first-order chi connectivity index (χ1) is 10.2. The van der Waals surface area contributed by atoms with E-state index >= 15 is 0 Å². The van der Waals surface area contributed by atoms with Crippen LogP contribution in [0.25, 0.3) is 0 Å². The van der Waals surface area contributed by atoms with Crippen molar-refractivity contribution in [3.05, 3.63) is 28.2 Å². The maximum atomic E-state index is 5.96. The second kappa shape index (κ2) is 6.70. The monoisotopic (exact) mass is 351 g/mol. The second-order valence-corrected chi connectivity index (χ2v) is 7.55. The first kappa shape index (κ1) is 15.4. The van der Waals surface area contributed by atoms with Gasteiger partial charge in [0.25, 0.3) is 0 Å². The van der Waals surface area contributed by atoms with Gasteiger partial charge in [-0.05, 0) is 69.3 Å². The van der Waals surface area contributed by atoms with E-state index in [1.807, 2.05) is 0 Å². The zero-order valence-electron chi connectivity index (χ0n) is 13.0. The van der Waals surface area contributed by atoms with Gasteiger partial charge < -0.3 is 4.74 Å². The molecule has 0 N–H and O–H groups in total. The minimum absolute atomic E-state index is 0.577. The molecule has 1 aliphatic heterocycles. The molecular weight excluding hydrogens is 326 g/mol. The summed E-state index contributed by atoms with van der Waals surface area (Å²) in [7, 11) is 0. The average molecular weight is 352 g/mol. The van der Waals surface area contributed by atoms with Crippen molar-refractivity contribution in [1.29, 1.82) is 0 Å². The Balaban J connectivity index is 1.46. The lowest BCUT2D eigenvalue weighted by Crippen LogP contribution is -2.42. The van der Waals surface area contributed by atoms with Crippen molar-refractivity contribution in [1.82, 2.24) is 4.90 Å². The molecule has 0 atom stereocenters. The van der Waals surface area contributed by atoms with Gasteiger partial charge in [0.15, 0.2) is 0 Å². The number of rotatable bonds is 5. The molecular formula is C18H26BrNO. The molecule has 0 radical (unpaired) electrons. The van der Waals surface area contributed by atoms with Crippen molar-refractivity contribution in [3.63, 3.8) is 0 Å². The highest BCUT2D eigenvalue weighted by Gasteiger charge is 2.42. The maximum absolute atomic E-state index is 5.96. The van der Waals surface area contributed by atoms with Crippen molar-refractivity contribution >= 4 is 15.9 Å². The number of ether oxygens (including phenoxy) is 1. The van der Waals surface area contributed by atoms with Crippen molar-refractivity contribution in [3.8, 4) is 5.75 Å². The molecule has 2 nitrogen and oxygen atoms in total. The van der Waals surface area contributed by atoms with Crippen LogP contribution in [0.4, 0.5) is 0 Å². The number of nitrogens with zero attached hydrogens (tertiary/aromatic N) is 1. The van der Waals surface area contributed by atoms with Gasteiger partial charge in [-0.3, -0.25) is 4.90 Å². The first-order valence-electron chi connectivity index (χ1n) is 8.34. The highest BCUT2D eigenvalue weighted by atomic mass is 79.9. The Morgan fingerprint density at radius 2 is 1.95 bits per heavy atom. The Kier molecular flexibility index (Phi) is 4.90. The fraction of sp³-hybridized carbons (Fsp3) is 0.667. The largest absolute Gasteiger partial charge is 0.493 e. The number of benzene rings is 1. The molecule has 1 heterocycles. The summed E-state index contributed by atoms with van der Waals surface area (Å²) in [6.07, 6.45) is 9.69. The van der Waals surface area contributed by atoms with E-state index in [0.717, 1.165) is 23.2 Å². The molecule has 0 unspecified atom stereocenters. The zero-order chi connectivity index (χ0) is 14.7. The predicted octanol–water partition coefficient (Wildman–Crippen LogP) is 4.94. The molecule has 21 heavy (non-hydrogen) atoms. The van der Waals surface area contributed by atoms with E-state index in [-0.39, 0.29) is 0 Å². The van der Waals surface area contributed by atoms with Crippen molar-refractivity contribution in [2.24, 2.45) is 0 Å². The summed E-state index contributed by atoms with van der Waals surface area (Å²) in [6, 6.07) is 6.23. The van der Waals surface area contributed by atoms with Crippen molar-refractivity contribution in [2.45, 2.75) is 57.4 Å². The lowest BCUT2D eigenvalue weighted by atomic mass is 9.94. The van der Waals surface area contributed by atoms with Crippen LogP contribution < -0.4 is 4.74 Å². The van der Waals surface area contributed by atoms with Crippen LogP contribution in [-0.2, 0) is 0 Å². The third-order valence-corrected chi connectivity index (χ3v) is 5.74. The molecule has 1 saturated heterocycles. The Hall–Kier alpha value is -0.540. The smallest absolute Gasteiger partial charge is 0.122 e. The number of aryl methyl sites for hydroxylation is 1. The summed E-state index contributed by atoms with van der Waals surface area (Å²) in [6.45, 7) is 5.44. The SMILES string of the molecule is Cc1cc(Br)ccc1OCCCN1CCCC12CCCC2. The molecule has 0 aromatic heterocycles. The molecule has 1 spiro atoms. The van der Waals surface area contributed by atoms with Crippen LogP contribution in [0.1, 0.15) is 50.5 Å². The van der Waals surface area contributed by atoms with E-state index in [4.69, 9.17) is 4.74 Å². The molecule has 0 amide bonds. The lowest BCUT2D eigenvalue weighted by Gasteiger charge is -2.35. The number of hydrogen-bond donors (Lipinski definition) is 0. The Morgan fingerprint density at radius 1 is 1.19 bits per heavy atom. The first-order valence-corrected chi connectivity index (χ1v) is 9.13. The molecule has 2 aliphatic rings. The number of likely N-dealkylation sites (tertiary alicyclic amines) is 1. The van der Waals surface area contributed by atoms with Crippen LogP contribution in [-0.4, -0.2) is 30.1 Å². The van der Waals surface area contributed by atoms with Crippen LogP contribution in [0.3, 0.4) is 0 Å². The predicted molar refractivity (Wildman–Crippen MR) is 91.0 cm³/mol. The molecule has 3 heteroatoms. The average Bonchev–Trinajstić information content (AvgIpc) is 3.08. The third kappa shape index (κ3) is 3.45. The quantitative estimate of drug-likeness (QED) is 0.697. The molecule has 3 rings (SSSR count). The van der Waals surface area contributed by atoms with Gasteiger partial charge in [0.1, 0.15) is 5.75 Å². The Morgan fingerprint density at radius 3 is 2.71 bits per heavy atom. The summed E-state index contributed by atoms with van der Waals surface area (Å²) < 4.78 is 7.07. The van der Waals surface area contributed by atoms with Crippen LogP contribution in [0.5, 0.6) is 5.75 Å². The highest BCUT2D eigenvalue weighted by Crippen LogP contribution is 2.42. The van der Waals surface area contributed by atoms with Gasteiger partial charge in [-0.25, -0.2) is 0 Å². The van der Waals surface area contributed by atoms with E-state index in [1.54, 1.807) is 0 Å². The molecule has 2 fully saturated rings. The maximum Gasteiger partial charge on any atom is 0.122 e. The zero-order valence-corrected chi connectivity index (χ0v) is 14.6. The molecule has 116 valence electrons. The normalized spacial score (nSPS) is 21.2. The van der Waals surface area contributed by atoms with E-state index in [9.17, 15) is 0 Å². The topological polar surface area (TPSA) is 12.5 Å². The minimum Gasteiger partial charge on any atom is -0.493 e. The second-order valence-electron chi connectivity index (χ2n) is 6.63. The molecule has 1 aromatic rings. The minimum atomic E-state index is 0.577. The summed E-state index contributed by atoms with van der Waals surface area (Å²) in [5.41, 5.74) is 1.78. The van der Waals surface area contributed by atoms with Gasteiger partial charge in [-0.15, -0.1) is 0 Å². The van der Waals surface area contributed by atoms with Crippen LogP contribution in [0, 0.1) is 6.92 Å². The molecule has 1 aliphatic carbocycles. The number of hydrogen-bond acceptors (Lipinski definition) is 2. The van der Waals surface area contributed by atoms with E-state index < -0.39 is 0 Å². The van der Waals surface area contributed by atoms with Gasteiger partial charge in [0, 0.05) is 16.6 Å². The van der Waals surface area contributed by atoms with Crippen molar-refractivity contribution in [2.75, 3.05) is 19.7 Å². The van der Waals surface area contributed by atoms with Crippen LogP contribution >= 0.6 is 15.9 Å². The van der Waals surface area contributed by atoms with Gasteiger partial charge in [-0.2, -0.15) is 0 Å². The molecule has 1 aromatic carbocycles. The third-order valence-electron chi connectivity index (χ3n) is 5.24. The van der Waals surface area contributed by atoms with Gasteiger partial charge in [0.05, 0.1) is 6.61 Å². The van der Waals surface area contributed by atoms with E-state index in [0.29, 0.717) is 5.54 Å². The van der Waals surface area contributed by atoms with Crippen molar-refractivity contribution < 1.29 is 4.74 Å². The van der Waals surface area contributed by atoms with Gasteiger partial charge in [-0.1, -0.05) is 28.8 Å². The summed E-state index contributed by atoms with van der Waals surface area (Å²) in [4.78, 5) is 2.76. The van der Waals surface area contributed by atoms with Crippen LogP contribution in [0.2, 0.25) is 0 Å². The molecule has 1 saturated carbocycles. The standard InChI is InChI=1S/C18H26BrNO/c1-15-14-16(19)6-7-17(15)21-13-5-12-20-11-4-10-18(20)8-2-3-9-18/h6-7,14H,2-5,8-13H2,1H3. The van der Waals surface area contributed by atoms with Gasteiger partial charge in [0.2, 0.25) is 0 Å². The lowest BCUT2D eigenvalue weighted by molar-refractivity contribution is 0.133. The molecule has 0 bridgehead atoms. The summed E-state index contributed by atoms with van der Waals surface area (Å²) in [5.74, 6) is 1.02. The highest BCUT2D eigenvalue weighted by molar-refractivity contribution is 9.10. The van der Waals surface area contributed by atoms with Gasteiger partial charge >= 0.3 is 0 Å².